The number of nitriles is 1. The maximum absolute atomic E-state index is 11.4. The Kier molecular flexibility index (Phi) is 6.00. The molecule has 0 aromatic carbocycles. The van der Waals surface area contributed by atoms with E-state index in [-0.39, 0.29) is 24.6 Å². The van der Waals surface area contributed by atoms with Gasteiger partial charge >= 0.3 is 0 Å². The molecule has 6 nitrogen and oxygen atoms in total. The first-order valence-electron chi connectivity index (χ1n) is 4.87. The van der Waals surface area contributed by atoms with Crippen LogP contribution in [-0.2, 0) is 14.6 Å². The van der Waals surface area contributed by atoms with Crippen LogP contribution in [0.1, 0.15) is 19.8 Å². The van der Waals surface area contributed by atoms with E-state index in [1.807, 2.05) is 6.07 Å². The summed E-state index contributed by atoms with van der Waals surface area (Å²) in [7, 11) is -3.10. The Morgan fingerprint density at radius 1 is 1.56 bits per heavy atom. The maximum Gasteiger partial charge on any atom is 0.237 e. The number of hydrogen-bond acceptors (Lipinski definition) is 5. The van der Waals surface area contributed by atoms with Crippen LogP contribution in [0.25, 0.3) is 0 Å². The molecule has 3 N–H and O–H groups in total. The van der Waals surface area contributed by atoms with E-state index in [0.717, 1.165) is 6.26 Å². The Labute approximate surface area is 95.7 Å². The minimum Gasteiger partial charge on any atom is -0.351 e. The van der Waals surface area contributed by atoms with Crippen molar-refractivity contribution < 1.29 is 13.2 Å². The fourth-order valence-electron chi connectivity index (χ4n) is 1.01. The lowest BCUT2D eigenvalue weighted by Gasteiger charge is -2.15. The highest BCUT2D eigenvalue weighted by molar-refractivity contribution is 7.90. The standard InChI is InChI=1S/C9H17N3O3S/c1-7(3-5-10)12-9(13)8(11)4-6-16(2,14)15/h7-8H,3-4,6,11H2,1-2H3,(H,12,13). The molecule has 0 saturated carbocycles. The first-order chi connectivity index (χ1) is 7.26. The Morgan fingerprint density at radius 2 is 2.12 bits per heavy atom. The number of rotatable bonds is 6. The van der Waals surface area contributed by atoms with Gasteiger partial charge < -0.3 is 11.1 Å². The van der Waals surface area contributed by atoms with Crippen molar-refractivity contribution in [2.75, 3.05) is 12.0 Å². The van der Waals surface area contributed by atoms with E-state index in [4.69, 9.17) is 11.0 Å². The fraction of sp³-hybridized carbons (Fsp3) is 0.778. The minimum atomic E-state index is -3.10. The third-order valence-corrected chi connectivity index (χ3v) is 2.90. The summed E-state index contributed by atoms with van der Waals surface area (Å²) in [4.78, 5) is 11.4. The molecule has 0 rings (SSSR count). The van der Waals surface area contributed by atoms with E-state index >= 15 is 0 Å². The van der Waals surface area contributed by atoms with Crippen LogP contribution in [0.3, 0.4) is 0 Å². The SMILES string of the molecule is CC(CC#N)NC(=O)C(N)CCS(C)(=O)=O. The quantitative estimate of drug-likeness (QED) is 0.635. The molecule has 0 heterocycles. The van der Waals surface area contributed by atoms with Gasteiger partial charge in [0, 0.05) is 12.3 Å². The van der Waals surface area contributed by atoms with Crippen molar-refractivity contribution in [3.8, 4) is 6.07 Å². The van der Waals surface area contributed by atoms with Crippen LogP contribution in [0.4, 0.5) is 0 Å². The van der Waals surface area contributed by atoms with Gasteiger partial charge in [0.2, 0.25) is 5.91 Å². The van der Waals surface area contributed by atoms with Crippen LogP contribution < -0.4 is 11.1 Å². The first kappa shape index (κ1) is 14.9. The zero-order valence-corrected chi connectivity index (χ0v) is 10.3. The van der Waals surface area contributed by atoms with Crippen LogP contribution in [-0.4, -0.2) is 38.4 Å². The Hall–Kier alpha value is -1.13. The van der Waals surface area contributed by atoms with E-state index in [1.54, 1.807) is 6.92 Å². The second-order valence-electron chi connectivity index (χ2n) is 3.80. The smallest absolute Gasteiger partial charge is 0.237 e. The molecule has 92 valence electrons. The largest absolute Gasteiger partial charge is 0.351 e. The summed E-state index contributed by atoms with van der Waals surface area (Å²) in [6.07, 6.45) is 1.38. The van der Waals surface area contributed by atoms with E-state index in [2.05, 4.69) is 5.32 Å². The molecule has 1 amide bonds. The molecule has 0 radical (unpaired) electrons. The topological polar surface area (TPSA) is 113 Å². The average molecular weight is 247 g/mol. The molecule has 0 aromatic heterocycles. The Balaban J connectivity index is 4.05. The number of carbonyl (C=O) groups excluding carboxylic acids is 1. The Morgan fingerprint density at radius 3 is 2.56 bits per heavy atom. The van der Waals surface area contributed by atoms with Crippen molar-refractivity contribution in [3.05, 3.63) is 0 Å². The van der Waals surface area contributed by atoms with Gasteiger partial charge in [0.1, 0.15) is 9.84 Å². The van der Waals surface area contributed by atoms with E-state index in [9.17, 15) is 13.2 Å². The number of nitrogens with zero attached hydrogens (tertiary/aromatic N) is 1. The molecule has 0 saturated heterocycles. The van der Waals surface area contributed by atoms with E-state index in [1.165, 1.54) is 0 Å². The van der Waals surface area contributed by atoms with E-state index < -0.39 is 21.8 Å². The maximum atomic E-state index is 11.4. The molecule has 2 atom stereocenters. The summed E-state index contributed by atoms with van der Waals surface area (Å²) in [6, 6.07) is 0.789. The van der Waals surface area contributed by atoms with Gasteiger partial charge in [-0.1, -0.05) is 0 Å². The van der Waals surface area contributed by atoms with Gasteiger partial charge in [0.05, 0.1) is 24.3 Å². The van der Waals surface area contributed by atoms with Crippen LogP contribution in [0.5, 0.6) is 0 Å². The molecule has 0 spiro atoms. The number of nitrogens with one attached hydrogen (secondary N) is 1. The van der Waals surface area contributed by atoms with Gasteiger partial charge in [0.25, 0.3) is 0 Å². The van der Waals surface area contributed by atoms with Gasteiger partial charge in [-0.2, -0.15) is 5.26 Å². The average Bonchev–Trinajstić information content (AvgIpc) is 2.13. The van der Waals surface area contributed by atoms with Gasteiger partial charge in [-0.3, -0.25) is 4.79 Å². The molecule has 0 aliphatic rings. The predicted octanol–water partition coefficient (Wildman–Crippen LogP) is -0.833. The number of amides is 1. The third kappa shape index (κ3) is 7.20. The highest BCUT2D eigenvalue weighted by Gasteiger charge is 2.17. The monoisotopic (exact) mass is 247 g/mol. The zero-order valence-electron chi connectivity index (χ0n) is 9.43. The van der Waals surface area contributed by atoms with Gasteiger partial charge in [-0.15, -0.1) is 0 Å². The van der Waals surface area contributed by atoms with Crippen molar-refractivity contribution >= 4 is 15.7 Å². The molecule has 0 fully saturated rings. The first-order valence-corrected chi connectivity index (χ1v) is 6.93. The van der Waals surface area contributed by atoms with Crippen molar-refractivity contribution in [1.29, 1.82) is 5.26 Å². The normalized spacial score (nSPS) is 14.9. The molecule has 16 heavy (non-hydrogen) atoms. The minimum absolute atomic E-state index is 0.0872. The molecule has 0 aromatic rings. The van der Waals surface area contributed by atoms with Crippen LogP contribution >= 0.6 is 0 Å². The van der Waals surface area contributed by atoms with Gasteiger partial charge in [0.15, 0.2) is 0 Å². The number of hydrogen-bond donors (Lipinski definition) is 2. The highest BCUT2D eigenvalue weighted by Crippen LogP contribution is 1.96. The summed E-state index contributed by atoms with van der Waals surface area (Å²) in [6.45, 7) is 1.68. The summed E-state index contributed by atoms with van der Waals surface area (Å²) in [5, 5.41) is 10.9. The summed E-state index contributed by atoms with van der Waals surface area (Å²) in [5.41, 5.74) is 5.51. The molecular weight excluding hydrogens is 230 g/mol. The molecule has 2 unspecified atom stereocenters. The summed E-state index contributed by atoms with van der Waals surface area (Å²) >= 11 is 0. The van der Waals surface area contributed by atoms with Crippen molar-refractivity contribution in [2.45, 2.75) is 31.8 Å². The number of carbonyl (C=O) groups is 1. The second-order valence-corrected chi connectivity index (χ2v) is 6.06. The number of sulfone groups is 1. The Bertz CT molecular complexity index is 372. The number of nitrogens with two attached hydrogens (primary N) is 1. The molecular formula is C9H17N3O3S. The lowest BCUT2D eigenvalue weighted by molar-refractivity contribution is -0.122. The lowest BCUT2D eigenvalue weighted by atomic mass is 10.2. The van der Waals surface area contributed by atoms with Crippen LogP contribution in [0, 0.1) is 11.3 Å². The summed E-state index contributed by atoms with van der Waals surface area (Å²) < 4.78 is 21.7. The fourth-order valence-corrected chi connectivity index (χ4v) is 1.69. The highest BCUT2D eigenvalue weighted by atomic mass is 32.2. The van der Waals surface area contributed by atoms with Crippen molar-refractivity contribution in [1.82, 2.24) is 5.32 Å². The van der Waals surface area contributed by atoms with Crippen molar-refractivity contribution in [3.63, 3.8) is 0 Å². The zero-order chi connectivity index (χ0) is 12.8. The molecule has 0 aliphatic carbocycles. The lowest BCUT2D eigenvalue weighted by Crippen LogP contribution is -2.45. The molecule has 7 heteroatoms. The van der Waals surface area contributed by atoms with Crippen molar-refractivity contribution in [2.24, 2.45) is 5.73 Å². The molecule has 0 bridgehead atoms. The second kappa shape index (κ2) is 6.45. The van der Waals surface area contributed by atoms with Gasteiger partial charge in [-0.25, -0.2) is 8.42 Å². The third-order valence-electron chi connectivity index (χ3n) is 1.92. The predicted molar refractivity (Wildman–Crippen MR) is 60.1 cm³/mol. The molecule has 0 aliphatic heterocycles. The van der Waals surface area contributed by atoms with E-state index in [0.29, 0.717) is 0 Å². The summed E-state index contributed by atoms with van der Waals surface area (Å²) in [5.74, 6) is -0.541. The van der Waals surface area contributed by atoms with Crippen LogP contribution in [0.2, 0.25) is 0 Å². The van der Waals surface area contributed by atoms with Crippen LogP contribution in [0.15, 0.2) is 0 Å². The van der Waals surface area contributed by atoms with Gasteiger partial charge in [-0.05, 0) is 13.3 Å².